The Bertz CT molecular complexity index is 1760. The number of hydrogen-bond acceptors (Lipinski definition) is 1. The predicted octanol–water partition coefficient (Wildman–Crippen LogP) is 11.1. The van der Waals surface area contributed by atoms with E-state index in [1.165, 1.54) is 55.3 Å². The van der Waals surface area contributed by atoms with Gasteiger partial charge in [0.2, 0.25) is 0 Å². The lowest BCUT2D eigenvalue weighted by Gasteiger charge is -2.13. The Hall–Kier alpha value is -4.88. The molecule has 0 radical (unpaired) electrons. The van der Waals surface area contributed by atoms with Gasteiger partial charge in [-0.1, -0.05) is 134 Å². The van der Waals surface area contributed by atoms with E-state index in [4.69, 9.17) is 0 Å². The zero-order chi connectivity index (χ0) is 28.4. The SMILES string of the molecule is CCc1cccc(-c2ccccc2)c1.Cc1ccccc1/C=C/Nc1ccccc1-c1cc2ccccc2cc1C. The molecule has 0 heterocycles. The number of rotatable bonds is 6. The summed E-state index contributed by atoms with van der Waals surface area (Å²) in [7, 11) is 0. The molecule has 41 heavy (non-hydrogen) atoms. The van der Waals surface area contributed by atoms with Gasteiger partial charge in [-0.15, -0.1) is 0 Å². The van der Waals surface area contributed by atoms with Crippen LogP contribution in [0.25, 0.3) is 39.1 Å². The van der Waals surface area contributed by atoms with Crippen molar-refractivity contribution in [1.82, 2.24) is 0 Å². The van der Waals surface area contributed by atoms with Crippen molar-refractivity contribution >= 4 is 22.5 Å². The fourth-order valence-electron chi connectivity index (χ4n) is 5.08. The van der Waals surface area contributed by atoms with Crippen LogP contribution in [0.5, 0.6) is 0 Å². The van der Waals surface area contributed by atoms with E-state index in [9.17, 15) is 0 Å². The normalized spacial score (nSPS) is 10.8. The van der Waals surface area contributed by atoms with Crippen LogP contribution >= 0.6 is 0 Å². The van der Waals surface area contributed by atoms with Gasteiger partial charge in [-0.2, -0.15) is 0 Å². The zero-order valence-electron chi connectivity index (χ0n) is 24.1. The molecule has 0 amide bonds. The van der Waals surface area contributed by atoms with Crippen LogP contribution < -0.4 is 5.32 Å². The molecule has 0 bridgehead atoms. The molecule has 0 aliphatic heterocycles. The second-order valence-corrected chi connectivity index (χ2v) is 10.3. The number of fused-ring (bicyclic) bond motifs is 1. The Morgan fingerprint density at radius 2 is 1.20 bits per heavy atom. The van der Waals surface area contributed by atoms with Gasteiger partial charge in [-0.05, 0) is 88.2 Å². The van der Waals surface area contributed by atoms with Crippen molar-refractivity contribution in [2.75, 3.05) is 5.32 Å². The monoisotopic (exact) mass is 531 g/mol. The first kappa shape index (κ1) is 27.7. The van der Waals surface area contributed by atoms with E-state index in [0.29, 0.717) is 0 Å². The van der Waals surface area contributed by atoms with Crippen molar-refractivity contribution in [2.24, 2.45) is 0 Å². The smallest absolute Gasteiger partial charge is 0.0459 e. The van der Waals surface area contributed by atoms with Crippen molar-refractivity contribution in [3.05, 3.63) is 168 Å². The van der Waals surface area contributed by atoms with Gasteiger partial charge in [-0.25, -0.2) is 0 Å². The number of aryl methyl sites for hydroxylation is 3. The van der Waals surface area contributed by atoms with Crippen molar-refractivity contribution < 1.29 is 0 Å². The van der Waals surface area contributed by atoms with Crippen LogP contribution in [0.3, 0.4) is 0 Å². The van der Waals surface area contributed by atoms with Crippen LogP contribution in [-0.2, 0) is 6.42 Å². The second kappa shape index (κ2) is 13.5. The minimum atomic E-state index is 1.10. The molecule has 0 unspecified atom stereocenters. The minimum Gasteiger partial charge on any atom is -0.361 e. The van der Waals surface area contributed by atoms with Gasteiger partial charge in [-0.3, -0.25) is 0 Å². The van der Waals surface area contributed by atoms with Crippen LogP contribution in [0, 0.1) is 13.8 Å². The molecule has 0 spiro atoms. The molecular formula is C40H37N. The van der Waals surface area contributed by atoms with Crippen LogP contribution in [-0.4, -0.2) is 0 Å². The highest BCUT2D eigenvalue weighted by Crippen LogP contribution is 2.33. The molecule has 0 aliphatic carbocycles. The lowest BCUT2D eigenvalue weighted by molar-refractivity contribution is 1.14. The summed E-state index contributed by atoms with van der Waals surface area (Å²) in [5, 5.41) is 6.03. The van der Waals surface area contributed by atoms with Gasteiger partial charge in [0.05, 0.1) is 0 Å². The lowest BCUT2D eigenvalue weighted by Crippen LogP contribution is -1.93. The summed E-state index contributed by atoms with van der Waals surface area (Å²) < 4.78 is 0. The molecule has 0 aliphatic rings. The van der Waals surface area contributed by atoms with E-state index in [-0.39, 0.29) is 0 Å². The molecule has 1 N–H and O–H groups in total. The van der Waals surface area contributed by atoms with Gasteiger partial charge in [0.25, 0.3) is 0 Å². The Kier molecular flexibility index (Phi) is 9.08. The number of para-hydroxylation sites is 1. The summed E-state index contributed by atoms with van der Waals surface area (Å²) in [6.45, 7) is 6.50. The van der Waals surface area contributed by atoms with Gasteiger partial charge in [0.15, 0.2) is 0 Å². The summed E-state index contributed by atoms with van der Waals surface area (Å²) in [6, 6.07) is 49.2. The molecule has 0 aromatic heterocycles. The molecule has 6 aromatic carbocycles. The van der Waals surface area contributed by atoms with Crippen LogP contribution in [0.1, 0.15) is 29.2 Å². The molecule has 1 nitrogen and oxygen atoms in total. The second-order valence-electron chi connectivity index (χ2n) is 10.3. The molecule has 0 atom stereocenters. The molecule has 6 aromatic rings. The summed E-state index contributed by atoms with van der Waals surface area (Å²) in [5.41, 5.74) is 11.4. The van der Waals surface area contributed by atoms with Crippen molar-refractivity contribution in [1.29, 1.82) is 0 Å². The fourth-order valence-corrected chi connectivity index (χ4v) is 5.08. The quantitative estimate of drug-likeness (QED) is 0.225. The number of hydrogen-bond donors (Lipinski definition) is 1. The Labute approximate surface area is 244 Å². The third-order valence-electron chi connectivity index (χ3n) is 7.44. The van der Waals surface area contributed by atoms with Crippen LogP contribution in [0.2, 0.25) is 0 Å². The van der Waals surface area contributed by atoms with Gasteiger partial charge < -0.3 is 5.32 Å². The van der Waals surface area contributed by atoms with Crippen molar-refractivity contribution in [3.8, 4) is 22.3 Å². The van der Waals surface area contributed by atoms with E-state index in [1.807, 2.05) is 12.3 Å². The Balaban J connectivity index is 0.000000202. The zero-order valence-corrected chi connectivity index (χ0v) is 24.1. The number of nitrogens with one attached hydrogen (secondary N) is 1. The van der Waals surface area contributed by atoms with Gasteiger partial charge in [0.1, 0.15) is 0 Å². The largest absolute Gasteiger partial charge is 0.361 e. The average molecular weight is 532 g/mol. The van der Waals surface area contributed by atoms with E-state index in [1.54, 1.807) is 0 Å². The first-order valence-corrected chi connectivity index (χ1v) is 14.3. The summed E-state index contributed by atoms with van der Waals surface area (Å²) in [5.74, 6) is 0. The van der Waals surface area contributed by atoms with Crippen LogP contribution in [0.4, 0.5) is 5.69 Å². The third-order valence-corrected chi connectivity index (χ3v) is 7.44. The molecule has 1 heteroatoms. The number of anilines is 1. The molecular weight excluding hydrogens is 494 g/mol. The first-order valence-electron chi connectivity index (χ1n) is 14.3. The third kappa shape index (κ3) is 7.01. The number of benzene rings is 6. The lowest BCUT2D eigenvalue weighted by atomic mass is 9.95. The highest BCUT2D eigenvalue weighted by atomic mass is 14.8. The molecule has 202 valence electrons. The van der Waals surface area contributed by atoms with E-state index in [0.717, 1.165) is 12.1 Å². The minimum absolute atomic E-state index is 1.10. The summed E-state index contributed by atoms with van der Waals surface area (Å²) >= 11 is 0. The maximum Gasteiger partial charge on any atom is 0.0459 e. The Morgan fingerprint density at radius 3 is 1.98 bits per heavy atom. The maximum absolute atomic E-state index is 3.48. The van der Waals surface area contributed by atoms with E-state index >= 15 is 0 Å². The molecule has 6 rings (SSSR count). The van der Waals surface area contributed by atoms with Gasteiger partial charge >= 0.3 is 0 Å². The van der Waals surface area contributed by atoms with Gasteiger partial charge in [0, 0.05) is 17.5 Å². The van der Waals surface area contributed by atoms with E-state index < -0.39 is 0 Å². The topological polar surface area (TPSA) is 12.0 Å². The fraction of sp³-hybridized carbons (Fsp3) is 0.100. The average Bonchev–Trinajstić information content (AvgIpc) is 3.03. The van der Waals surface area contributed by atoms with Crippen molar-refractivity contribution in [2.45, 2.75) is 27.2 Å². The van der Waals surface area contributed by atoms with Crippen molar-refractivity contribution in [3.63, 3.8) is 0 Å². The standard InChI is InChI=1S/C26H23N.C14H14/c1-19-9-3-4-10-21(19)15-16-27-26-14-8-7-13-24(26)25-18-23-12-6-5-11-22(23)17-20(25)2;1-2-12-7-6-10-14(11-12)13-8-4-3-5-9-13/h3-18,27H,1-2H3;3-11H,2H2,1H3/b16-15+;. The molecule has 0 saturated carbocycles. The Morgan fingerprint density at radius 1 is 0.537 bits per heavy atom. The molecule has 0 fully saturated rings. The summed E-state index contributed by atoms with van der Waals surface area (Å²) in [4.78, 5) is 0. The predicted molar refractivity (Wildman–Crippen MR) is 179 cm³/mol. The summed E-state index contributed by atoms with van der Waals surface area (Å²) in [6.07, 6.45) is 5.25. The highest BCUT2D eigenvalue weighted by Gasteiger charge is 2.08. The van der Waals surface area contributed by atoms with E-state index in [2.05, 4.69) is 166 Å². The first-order chi connectivity index (χ1) is 20.1. The maximum atomic E-state index is 3.48. The molecule has 0 saturated heterocycles. The highest BCUT2D eigenvalue weighted by molar-refractivity contribution is 5.91. The van der Waals surface area contributed by atoms with Crippen LogP contribution in [0.15, 0.2) is 146 Å².